The molecule has 5 nitrogen and oxygen atoms in total. The minimum atomic E-state index is -0.0242. The Morgan fingerprint density at radius 1 is 1.42 bits per heavy atom. The van der Waals surface area contributed by atoms with Crippen LogP contribution in [0.5, 0.6) is 0 Å². The van der Waals surface area contributed by atoms with Crippen LogP contribution in [0.2, 0.25) is 0 Å². The number of quaternary nitrogens is 1. The van der Waals surface area contributed by atoms with Gasteiger partial charge in [-0.3, -0.25) is 4.79 Å². The molecule has 1 aromatic carbocycles. The maximum Gasteiger partial charge on any atom is 0.253 e. The summed E-state index contributed by atoms with van der Waals surface area (Å²) in [6.45, 7) is 4.31. The summed E-state index contributed by atoms with van der Waals surface area (Å²) >= 11 is 0. The molecule has 130 valence electrons. The van der Waals surface area contributed by atoms with Crippen LogP contribution in [0.4, 0.5) is 0 Å². The van der Waals surface area contributed by atoms with E-state index >= 15 is 0 Å². The molecule has 1 saturated heterocycles. The van der Waals surface area contributed by atoms with Gasteiger partial charge in [0.05, 0.1) is 25.5 Å². The van der Waals surface area contributed by atoms with Crippen LogP contribution < -0.4 is 10.6 Å². The zero-order valence-corrected chi connectivity index (χ0v) is 14.9. The van der Waals surface area contributed by atoms with Crippen molar-refractivity contribution in [3.05, 3.63) is 47.2 Å². The molecule has 0 unspecified atom stereocenters. The first kappa shape index (κ1) is 18.4. The number of benzene rings is 1. The van der Waals surface area contributed by atoms with Gasteiger partial charge in [0.25, 0.3) is 5.91 Å². The van der Waals surface area contributed by atoms with Gasteiger partial charge in [-0.1, -0.05) is 12.1 Å². The molecule has 0 spiro atoms. The summed E-state index contributed by atoms with van der Waals surface area (Å²) in [6.07, 6.45) is 4.14. The predicted octanol–water partition coefficient (Wildman–Crippen LogP) is 1.34. The van der Waals surface area contributed by atoms with Crippen LogP contribution in [0, 0.1) is 5.41 Å². The number of rotatable bonds is 6. The number of nitrogens with two attached hydrogens (primary N) is 1. The van der Waals surface area contributed by atoms with Gasteiger partial charge in [0.2, 0.25) is 0 Å². The fourth-order valence-electron chi connectivity index (χ4n) is 3.09. The van der Waals surface area contributed by atoms with Crippen LogP contribution in [-0.4, -0.2) is 50.2 Å². The monoisotopic (exact) mass is 329 g/mol. The summed E-state index contributed by atoms with van der Waals surface area (Å²) in [5.74, 6) is 0.511. The Morgan fingerprint density at radius 3 is 2.79 bits per heavy atom. The molecule has 1 fully saturated rings. The fraction of sp³-hybridized carbons (Fsp3) is 0.474. The standard InChI is InChI=1S/C19H28N4O/c1-14(12-21-2)18(20)13-23(3)19(24)17-6-4-5-16(11-17)15-7-9-22-10-8-15/h4-6,11-12,15,20-22H,7-10,13H2,1-3H3/p+1. The number of piperidine rings is 1. The molecule has 1 aliphatic rings. The third-order valence-electron chi connectivity index (χ3n) is 4.58. The van der Waals surface area contributed by atoms with Crippen molar-refractivity contribution in [2.75, 3.05) is 33.7 Å². The number of carbonyl (C=O) groups is 1. The predicted molar refractivity (Wildman–Crippen MR) is 97.6 cm³/mol. The van der Waals surface area contributed by atoms with E-state index in [9.17, 15) is 4.79 Å². The Morgan fingerprint density at radius 2 is 2.12 bits per heavy atom. The van der Waals surface area contributed by atoms with Crippen molar-refractivity contribution in [3.8, 4) is 0 Å². The lowest BCUT2D eigenvalue weighted by molar-refractivity contribution is -0.557. The summed E-state index contributed by atoms with van der Waals surface area (Å²) in [5.41, 5.74) is 3.33. The van der Waals surface area contributed by atoms with Crippen molar-refractivity contribution < 1.29 is 10.1 Å². The quantitative estimate of drug-likeness (QED) is 0.689. The molecule has 24 heavy (non-hydrogen) atoms. The lowest BCUT2D eigenvalue weighted by atomic mass is 9.89. The van der Waals surface area contributed by atoms with Crippen LogP contribution in [0.3, 0.4) is 0 Å². The number of hydrogen-bond donors (Lipinski definition) is 3. The lowest BCUT2D eigenvalue weighted by Gasteiger charge is -2.24. The molecule has 1 aromatic rings. The topological polar surface area (TPSA) is 72.8 Å². The molecule has 2 rings (SSSR count). The zero-order valence-electron chi connectivity index (χ0n) is 14.9. The first-order valence-corrected chi connectivity index (χ1v) is 8.63. The maximum absolute atomic E-state index is 12.7. The second-order valence-electron chi connectivity index (χ2n) is 6.47. The van der Waals surface area contributed by atoms with Crippen LogP contribution in [0.25, 0.3) is 0 Å². The second-order valence-corrected chi connectivity index (χ2v) is 6.47. The first-order valence-electron chi connectivity index (χ1n) is 8.63. The molecule has 0 atom stereocenters. The highest BCUT2D eigenvalue weighted by molar-refractivity contribution is 6.02. The van der Waals surface area contributed by atoms with E-state index < -0.39 is 0 Å². The minimum absolute atomic E-state index is 0.0242. The van der Waals surface area contributed by atoms with Gasteiger partial charge < -0.3 is 20.9 Å². The Bertz CT molecular complexity index is 618. The zero-order chi connectivity index (χ0) is 17.5. The van der Waals surface area contributed by atoms with Crippen molar-refractivity contribution in [2.45, 2.75) is 25.7 Å². The van der Waals surface area contributed by atoms with Gasteiger partial charge >= 0.3 is 0 Å². The summed E-state index contributed by atoms with van der Waals surface area (Å²) in [7, 11) is 3.69. The van der Waals surface area contributed by atoms with Crippen molar-refractivity contribution in [1.29, 1.82) is 5.41 Å². The molecule has 0 aromatic heterocycles. The van der Waals surface area contributed by atoms with E-state index in [1.165, 1.54) is 5.56 Å². The van der Waals surface area contributed by atoms with Crippen LogP contribution in [-0.2, 0) is 0 Å². The van der Waals surface area contributed by atoms with Gasteiger partial charge in [0, 0.05) is 18.2 Å². The highest BCUT2D eigenvalue weighted by atomic mass is 16.2. The average molecular weight is 329 g/mol. The van der Waals surface area contributed by atoms with Crippen LogP contribution in [0.1, 0.15) is 41.6 Å². The van der Waals surface area contributed by atoms with Gasteiger partial charge in [-0.05, 0) is 56.5 Å². The Balaban J connectivity index is 2.06. The number of amides is 1. The third kappa shape index (κ3) is 4.76. The molecule has 1 amide bonds. The van der Waals surface area contributed by atoms with E-state index in [2.05, 4.69) is 11.4 Å². The second kappa shape index (κ2) is 8.76. The van der Waals surface area contributed by atoms with Gasteiger partial charge in [0.1, 0.15) is 0 Å². The van der Waals surface area contributed by atoms with E-state index in [1.54, 1.807) is 11.9 Å². The lowest BCUT2D eigenvalue weighted by Crippen LogP contribution is -2.73. The van der Waals surface area contributed by atoms with Crippen molar-refractivity contribution in [2.24, 2.45) is 0 Å². The largest absolute Gasteiger partial charge is 0.336 e. The average Bonchev–Trinajstić information content (AvgIpc) is 2.62. The Hall–Kier alpha value is -1.98. The number of carbonyl (C=O) groups excluding carboxylic acids is 1. The van der Waals surface area contributed by atoms with Gasteiger partial charge in [-0.25, -0.2) is 0 Å². The van der Waals surface area contributed by atoms with E-state index in [-0.39, 0.29) is 5.91 Å². The van der Waals surface area contributed by atoms with Gasteiger partial charge in [-0.15, -0.1) is 0 Å². The maximum atomic E-state index is 12.7. The van der Waals surface area contributed by atoms with Gasteiger partial charge in [-0.2, -0.15) is 0 Å². The fourth-order valence-corrected chi connectivity index (χ4v) is 3.09. The first-order chi connectivity index (χ1) is 11.5. The number of hydrogen-bond acceptors (Lipinski definition) is 3. The molecule has 0 aliphatic carbocycles. The van der Waals surface area contributed by atoms with E-state index in [4.69, 9.17) is 5.41 Å². The van der Waals surface area contributed by atoms with E-state index in [0.29, 0.717) is 23.7 Å². The SMILES string of the molecule is C[NH2+]C=C(C)C(=N)CN(C)C(=O)c1cccc(C2CCNCC2)c1. The van der Waals surface area contributed by atoms with Crippen molar-refractivity contribution >= 4 is 11.6 Å². The Labute approximate surface area is 144 Å². The van der Waals surface area contributed by atoms with Crippen LogP contribution in [0.15, 0.2) is 36.0 Å². The van der Waals surface area contributed by atoms with E-state index in [1.807, 2.05) is 43.7 Å². The summed E-state index contributed by atoms with van der Waals surface area (Å²) in [5, 5.41) is 13.4. The van der Waals surface area contributed by atoms with Gasteiger partial charge in [0.15, 0.2) is 0 Å². The van der Waals surface area contributed by atoms with Crippen molar-refractivity contribution in [1.82, 2.24) is 10.2 Å². The minimum Gasteiger partial charge on any atom is -0.336 e. The normalized spacial score (nSPS) is 16.0. The molecule has 1 aliphatic heterocycles. The third-order valence-corrected chi connectivity index (χ3v) is 4.58. The summed E-state index contributed by atoms with van der Waals surface area (Å²) < 4.78 is 0. The summed E-state index contributed by atoms with van der Waals surface area (Å²) in [6, 6.07) is 8.00. The molecule has 4 N–H and O–H groups in total. The molecule has 0 saturated carbocycles. The van der Waals surface area contributed by atoms with Crippen LogP contribution >= 0.6 is 0 Å². The molecule has 1 heterocycles. The Kier molecular flexibility index (Phi) is 6.70. The smallest absolute Gasteiger partial charge is 0.253 e. The highest BCUT2D eigenvalue weighted by Crippen LogP contribution is 2.26. The molecular formula is C19H29N4O+. The molecule has 5 heteroatoms. The number of nitrogens with zero attached hydrogens (tertiary/aromatic N) is 1. The van der Waals surface area contributed by atoms with E-state index in [0.717, 1.165) is 31.5 Å². The molecule has 0 bridgehead atoms. The molecular weight excluding hydrogens is 300 g/mol. The number of nitrogens with one attached hydrogen (secondary N) is 2. The summed E-state index contributed by atoms with van der Waals surface area (Å²) in [4.78, 5) is 14.3. The highest BCUT2D eigenvalue weighted by Gasteiger charge is 2.18. The molecule has 0 radical (unpaired) electrons. The van der Waals surface area contributed by atoms with Crippen molar-refractivity contribution in [3.63, 3.8) is 0 Å².